The molecule has 0 atom stereocenters. The minimum Gasteiger partial charge on any atom is -0.495 e. The first kappa shape index (κ1) is 27.7. The van der Waals surface area contributed by atoms with Crippen LogP contribution < -0.4 is 14.8 Å². The van der Waals surface area contributed by atoms with E-state index in [9.17, 15) is 13.2 Å². The van der Waals surface area contributed by atoms with Gasteiger partial charge in [0.25, 0.3) is 0 Å². The third-order valence-electron chi connectivity index (χ3n) is 6.49. The molecule has 3 aromatic rings. The van der Waals surface area contributed by atoms with E-state index in [1.54, 1.807) is 31.2 Å². The number of benzene rings is 2. The van der Waals surface area contributed by atoms with Crippen molar-refractivity contribution >= 4 is 45.4 Å². The largest absolute Gasteiger partial charge is 0.495 e. The van der Waals surface area contributed by atoms with Crippen LogP contribution in [0.1, 0.15) is 35.4 Å². The average Bonchev–Trinajstić information content (AvgIpc) is 3.29. The van der Waals surface area contributed by atoms with Gasteiger partial charge >= 0.3 is 0 Å². The van der Waals surface area contributed by atoms with Gasteiger partial charge in [-0.3, -0.25) is 4.79 Å². The normalized spacial score (nSPS) is 15.1. The highest BCUT2D eigenvalue weighted by atomic mass is 35.5. The standard InChI is InChI=1S/C27H30ClN3O6S/c1-17-5-7-19(8-6-17)9-10-23-26(18(2)30-37-23)38(33,34)31-13-11-20(12-14-31)27(32)29-22-15-21(28)24(35-3)16-25(22)36-4/h5-10,15-16,20H,11-14H2,1-4H3,(H,29,32)/b10-9+. The second kappa shape index (κ2) is 11.6. The molecule has 1 aromatic heterocycles. The number of aryl methyl sites for hydroxylation is 2. The highest BCUT2D eigenvalue weighted by Gasteiger charge is 2.36. The zero-order valence-corrected chi connectivity index (χ0v) is 23.2. The van der Waals surface area contributed by atoms with Gasteiger partial charge in [0.1, 0.15) is 17.2 Å². The van der Waals surface area contributed by atoms with E-state index in [1.165, 1.54) is 18.5 Å². The zero-order valence-electron chi connectivity index (χ0n) is 21.7. The van der Waals surface area contributed by atoms with Crippen molar-refractivity contribution in [2.45, 2.75) is 31.6 Å². The van der Waals surface area contributed by atoms with Gasteiger partial charge in [-0.15, -0.1) is 0 Å². The highest BCUT2D eigenvalue weighted by molar-refractivity contribution is 7.89. The Bertz CT molecular complexity index is 1440. The van der Waals surface area contributed by atoms with Crippen LogP contribution in [0.4, 0.5) is 5.69 Å². The number of aromatic nitrogens is 1. The molecule has 4 rings (SSSR count). The summed E-state index contributed by atoms with van der Waals surface area (Å²) in [5.41, 5.74) is 2.75. The van der Waals surface area contributed by atoms with E-state index in [2.05, 4.69) is 10.5 Å². The van der Waals surface area contributed by atoms with Gasteiger partial charge in [-0.1, -0.05) is 52.7 Å². The molecule has 1 amide bonds. The fraction of sp³-hybridized carbons (Fsp3) is 0.333. The summed E-state index contributed by atoms with van der Waals surface area (Å²) in [7, 11) is -0.904. The van der Waals surface area contributed by atoms with E-state index in [4.69, 9.17) is 25.6 Å². The van der Waals surface area contributed by atoms with E-state index >= 15 is 0 Å². The van der Waals surface area contributed by atoms with Crippen LogP contribution in [0.2, 0.25) is 5.02 Å². The number of nitrogens with one attached hydrogen (secondary N) is 1. The van der Waals surface area contributed by atoms with Gasteiger partial charge in [0.2, 0.25) is 15.9 Å². The van der Waals surface area contributed by atoms with Crippen LogP contribution in [-0.2, 0) is 14.8 Å². The Kier molecular flexibility index (Phi) is 8.44. The minimum atomic E-state index is -3.88. The molecule has 0 saturated carbocycles. The van der Waals surface area contributed by atoms with Crippen LogP contribution in [0.3, 0.4) is 0 Å². The number of methoxy groups -OCH3 is 2. The molecular weight excluding hydrogens is 530 g/mol. The summed E-state index contributed by atoms with van der Waals surface area (Å²) in [4.78, 5) is 13.0. The van der Waals surface area contributed by atoms with Gasteiger partial charge in [0, 0.05) is 25.1 Å². The number of carbonyl (C=O) groups excluding carboxylic acids is 1. The molecule has 0 bridgehead atoms. The first-order chi connectivity index (χ1) is 18.1. The van der Waals surface area contributed by atoms with Crippen molar-refractivity contribution in [2.24, 2.45) is 5.92 Å². The van der Waals surface area contributed by atoms with Gasteiger partial charge in [-0.25, -0.2) is 8.42 Å². The molecule has 0 spiro atoms. The van der Waals surface area contributed by atoms with E-state index in [0.717, 1.165) is 11.1 Å². The van der Waals surface area contributed by atoms with E-state index in [0.29, 0.717) is 35.1 Å². The smallest absolute Gasteiger partial charge is 0.248 e. The van der Waals surface area contributed by atoms with E-state index in [-0.39, 0.29) is 41.3 Å². The van der Waals surface area contributed by atoms with Crippen LogP contribution in [-0.4, -0.2) is 51.1 Å². The summed E-state index contributed by atoms with van der Waals surface area (Å²) in [5.74, 6) is 0.401. The summed E-state index contributed by atoms with van der Waals surface area (Å²) in [5, 5.41) is 7.09. The molecule has 0 radical (unpaired) electrons. The topological polar surface area (TPSA) is 111 Å². The number of ether oxygens (including phenoxy) is 2. The first-order valence-electron chi connectivity index (χ1n) is 12.1. The lowest BCUT2D eigenvalue weighted by atomic mass is 9.97. The van der Waals surface area contributed by atoms with Crippen LogP contribution in [0, 0.1) is 19.8 Å². The quantitative estimate of drug-likeness (QED) is 0.405. The summed E-state index contributed by atoms with van der Waals surface area (Å²) >= 11 is 6.21. The number of hydrogen-bond acceptors (Lipinski definition) is 7. The lowest BCUT2D eigenvalue weighted by molar-refractivity contribution is -0.120. The Balaban J connectivity index is 1.45. The lowest BCUT2D eigenvalue weighted by Crippen LogP contribution is -2.41. The minimum absolute atomic E-state index is 0.0429. The number of halogens is 1. The Labute approximate surface area is 227 Å². The molecular formula is C27H30ClN3O6S. The third kappa shape index (κ3) is 5.87. The molecule has 1 fully saturated rings. The Hall–Kier alpha value is -3.34. The fourth-order valence-corrected chi connectivity index (χ4v) is 6.29. The molecule has 38 heavy (non-hydrogen) atoms. The summed E-state index contributed by atoms with van der Waals surface area (Å²) in [6.45, 7) is 3.98. The number of amides is 1. The van der Waals surface area contributed by atoms with Gasteiger partial charge < -0.3 is 19.3 Å². The number of anilines is 1. The van der Waals surface area contributed by atoms with Crippen LogP contribution in [0.25, 0.3) is 12.2 Å². The monoisotopic (exact) mass is 559 g/mol. The first-order valence-corrected chi connectivity index (χ1v) is 13.9. The van der Waals surface area contributed by atoms with Crippen LogP contribution in [0.15, 0.2) is 45.8 Å². The zero-order chi connectivity index (χ0) is 27.4. The maximum absolute atomic E-state index is 13.5. The van der Waals surface area contributed by atoms with Crippen LogP contribution >= 0.6 is 11.6 Å². The maximum Gasteiger partial charge on any atom is 0.248 e. The number of sulfonamides is 1. The lowest BCUT2D eigenvalue weighted by Gasteiger charge is -2.30. The predicted molar refractivity (Wildman–Crippen MR) is 146 cm³/mol. The fourth-order valence-electron chi connectivity index (χ4n) is 4.33. The molecule has 1 saturated heterocycles. The molecule has 1 aliphatic heterocycles. The third-order valence-corrected chi connectivity index (χ3v) is 8.85. The van der Waals surface area contributed by atoms with Crippen molar-refractivity contribution in [3.8, 4) is 11.5 Å². The van der Waals surface area contributed by atoms with Gasteiger partial charge in [-0.2, -0.15) is 4.31 Å². The summed E-state index contributed by atoms with van der Waals surface area (Å²) in [6.07, 6.45) is 4.12. The number of rotatable bonds is 8. The van der Waals surface area contributed by atoms with Crippen molar-refractivity contribution in [3.05, 3.63) is 64.0 Å². The van der Waals surface area contributed by atoms with Crippen molar-refractivity contribution in [2.75, 3.05) is 32.6 Å². The molecule has 2 aromatic carbocycles. The van der Waals surface area contributed by atoms with Crippen molar-refractivity contribution in [3.63, 3.8) is 0 Å². The number of carbonyl (C=O) groups is 1. The maximum atomic E-state index is 13.5. The molecule has 9 nitrogen and oxygen atoms in total. The summed E-state index contributed by atoms with van der Waals surface area (Å²) < 4.78 is 44.4. The molecule has 0 unspecified atom stereocenters. The van der Waals surface area contributed by atoms with Gasteiger partial charge in [0.05, 0.1) is 24.9 Å². The predicted octanol–water partition coefficient (Wildman–Crippen LogP) is 5.17. The van der Waals surface area contributed by atoms with Crippen LogP contribution in [0.5, 0.6) is 11.5 Å². The molecule has 11 heteroatoms. The average molecular weight is 560 g/mol. The summed E-state index contributed by atoms with van der Waals surface area (Å²) in [6, 6.07) is 11.0. The molecule has 1 N–H and O–H groups in total. The molecule has 2 heterocycles. The van der Waals surface area contributed by atoms with Crippen molar-refractivity contribution in [1.82, 2.24) is 9.46 Å². The van der Waals surface area contributed by atoms with E-state index < -0.39 is 10.0 Å². The second-order valence-corrected chi connectivity index (χ2v) is 11.3. The van der Waals surface area contributed by atoms with E-state index in [1.807, 2.05) is 31.2 Å². The Morgan fingerprint density at radius 3 is 2.37 bits per heavy atom. The number of nitrogens with zero attached hydrogens (tertiary/aromatic N) is 2. The SMILES string of the molecule is COc1cc(OC)c(NC(=O)C2CCN(S(=O)(=O)c3c(C)noc3/C=C/c3ccc(C)cc3)CC2)cc1Cl. The second-order valence-electron chi connectivity index (χ2n) is 9.06. The Morgan fingerprint density at radius 2 is 1.74 bits per heavy atom. The highest BCUT2D eigenvalue weighted by Crippen LogP contribution is 2.37. The molecule has 1 aliphatic rings. The molecule has 0 aliphatic carbocycles. The van der Waals surface area contributed by atoms with Gasteiger partial charge in [0.15, 0.2) is 10.7 Å². The number of piperidine rings is 1. The number of hydrogen-bond donors (Lipinski definition) is 1. The van der Waals surface area contributed by atoms with Crippen molar-refractivity contribution < 1.29 is 27.2 Å². The van der Waals surface area contributed by atoms with Gasteiger partial charge in [-0.05, 0) is 44.4 Å². The molecule has 202 valence electrons. The Morgan fingerprint density at radius 1 is 1.08 bits per heavy atom. The van der Waals surface area contributed by atoms with Crippen molar-refractivity contribution in [1.29, 1.82) is 0 Å².